The largest absolute Gasteiger partial charge is 0.507 e. The van der Waals surface area contributed by atoms with Gasteiger partial charge in [0.15, 0.2) is 0 Å². The Balaban J connectivity index is 1.92. The minimum absolute atomic E-state index is 0.00747. The van der Waals surface area contributed by atoms with Gasteiger partial charge in [-0.15, -0.1) is 0 Å². The lowest BCUT2D eigenvalue weighted by atomic mass is 9.57. The molecular formula is C24H26B2O3. The van der Waals surface area contributed by atoms with E-state index in [1.807, 2.05) is 25.1 Å². The molecular weight excluding hydrogens is 358 g/mol. The van der Waals surface area contributed by atoms with E-state index in [2.05, 4.69) is 18.7 Å². The van der Waals surface area contributed by atoms with Gasteiger partial charge in [0.05, 0.1) is 0 Å². The monoisotopic (exact) mass is 384 g/mol. The summed E-state index contributed by atoms with van der Waals surface area (Å²) in [4.78, 5) is 0. The van der Waals surface area contributed by atoms with Gasteiger partial charge in [0.2, 0.25) is 0 Å². The zero-order chi connectivity index (χ0) is 21.2. The summed E-state index contributed by atoms with van der Waals surface area (Å²) in [7, 11) is 11.4. The zero-order valence-corrected chi connectivity index (χ0v) is 16.8. The molecule has 0 bridgehead atoms. The quantitative estimate of drug-likeness (QED) is 0.524. The van der Waals surface area contributed by atoms with Crippen LogP contribution in [0.25, 0.3) is 0 Å². The Hall–Kier alpha value is -2.39. The highest BCUT2D eigenvalue weighted by atomic mass is 16.3. The average Bonchev–Trinajstić information content (AvgIpc) is 2.66. The number of hydrogen-bond acceptors (Lipinski definition) is 3. The summed E-state index contributed by atoms with van der Waals surface area (Å²) >= 11 is 0. The number of aryl methyl sites for hydroxylation is 2. The Morgan fingerprint density at radius 2 is 1.66 bits per heavy atom. The summed E-state index contributed by atoms with van der Waals surface area (Å²) < 4.78 is 0. The first kappa shape index (κ1) is 21.3. The molecule has 5 heteroatoms. The number of hydrogen-bond donors (Lipinski definition) is 3. The second-order valence-corrected chi connectivity index (χ2v) is 8.07. The molecule has 4 radical (unpaired) electrons. The van der Waals surface area contributed by atoms with E-state index in [1.54, 1.807) is 18.2 Å². The molecule has 29 heavy (non-hydrogen) atoms. The second-order valence-electron chi connectivity index (χ2n) is 8.07. The van der Waals surface area contributed by atoms with Crippen LogP contribution in [-0.2, 0) is 12.8 Å². The summed E-state index contributed by atoms with van der Waals surface area (Å²) in [5.41, 5.74) is 3.90. The van der Waals surface area contributed by atoms with Crippen molar-refractivity contribution in [3.8, 4) is 11.5 Å². The van der Waals surface area contributed by atoms with Crippen LogP contribution in [-0.4, -0.2) is 36.4 Å². The van der Waals surface area contributed by atoms with E-state index in [0.29, 0.717) is 30.4 Å². The minimum atomic E-state index is -1.92. The standard InChI is InChI=1S/C24H26B2O3/c1-15(2)19-11-10-18(24(25,26)29)14-20(19)23-21(27)12-17(13-22(23)28)9-8-16-6-4-3-5-7-16/h3-7,12-14,19-20,27-29H,1,8-11H2,2H3. The SMILES string of the molecule is [B]C([B])(O)C1=CC(c2c(O)cc(CCc3ccccc3)cc2O)C(C(=C)C)CC1. The van der Waals surface area contributed by atoms with E-state index < -0.39 is 5.40 Å². The first-order chi connectivity index (χ1) is 13.7. The van der Waals surface area contributed by atoms with Gasteiger partial charge in [-0.3, -0.25) is 0 Å². The van der Waals surface area contributed by atoms with Gasteiger partial charge in [-0.2, -0.15) is 0 Å². The van der Waals surface area contributed by atoms with Crippen molar-refractivity contribution >= 4 is 15.7 Å². The van der Waals surface area contributed by atoms with Crippen molar-refractivity contribution in [3.05, 3.63) is 83.0 Å². The lowest BCUT2D eigenvalue weighted by molar-refractivity contribution is 0.237. The minimum Gasteiger partial charge on any atom is -0.507 e. The van der Waals surface area contributed by atoms with Crippen LogP contribution in [0.4, 0.5) is 0 Å². The molecule has 2 aromatic rings. The van der Waals surface area contributed by atoms with Gasteiger partial charge in [-0.25, -0.2) is 0 Å². The Kier molecular flexibility index (Phi) is 6.28. The third-order valence-corrected chi connectivity index (χ3v) is 5.76. The number of allylic oxidation sites excluding steroid dienone is 2. The van der Waals surface area contributed by atoms with Gasteiger partial charge < -0.3 is 15.3 Å². The first-order valence-electron chi connectivity index (χ1n) is 9.92. The van der Waals surface area contributed by atoms with Gasteiger partial charge in [-0.1, -0.05) is 54.1 Å². The van der Waals surface area contributed by atoms with Crippen LogP contribution in [0.5, 0.6) is 11.5 Å². The number of aromatic hydroxyl groups is 2. The molecule has 1 aliphatic rings. The number of phenolic OH excluding ortho intramolecular Hbond substituents is 2. The second kappa shape index (κ2) is 8.54. The third-order valence-electron chi connectivity index (χ3n) is 5.76. The van der Waals surface area contributed by atoms with Crippen LogP contribution >= 0.6 is 0 Å². The van der Waals surface area contributed by atoms with Gasteiger partial charge in [0.25, 0.3) is 0 Å². The van der Waals surface area contributed by atoms with Crippen LogP contribution in [0.3, 0.4) is 0 Å². The smallest absolute Gasteiger partial charge is 0.123 e. The van der Waals surface area contributed by atoms with Crippen molar-refractivity contribution in [1.82, 2.24) is 0 Å². The molecule has 0 saturated heterocycles. The predicted octanol–water partition coefficient (Wildman–Crippen LogP) is 3.86. The van der Waals surface area contributed by atoms with Crippen molar-refractivity contribution in [1.29, 1.82) is 0 Å². The van der Waals surface area contributed by atoms with Crippen molar-refractivity contribution in [2.75, 3.05) is 0 Å². The molecule has 0 amide bonds. The fourth-order valence-corrected chi connectivity index (χ4v) is 4.18. The number of phenols is 2. The molecule has 0 aromatic heterocycles. The molecule has 0 fully saturated rings. The fraction of sp³-hybridized carbons (Fsp3) is 0.333. The van der Waals surface area contributed by atoms with Crippen LogP contribution < -0.4 is 0 Å². The molecule has 146 valence electrons. The molecule has 0 aliphatic heterocycles. The highest BCUT2D eigenvalue weighted by molar-refractivity contribution is 6.41. The maximum atomic E-state index is 10.8. The Bertz CT molecular complexity index is 890. The molecule has 3 N–H and O–H groups in total. The van der Waals surface area contributed by atoms with Crippen molar-refractivity contribution in [2.45, 2.75) is 43.9 Å². The lowest BCUT2D eigenvalue weighted by Crippen LogP contribution is -2.35. The summed E-state index contributed by atoms with van der Waals surface area (Å²) in [6.07, 6.45) is 4.49. The molecule has 2 unspecified atom stereocenters. The lowest BCUT2D eigenvalue weighted by Gasteiger charge is -2.36. The van der Waals surface area contributed by atoms with Crippen LogP contribution in [0.15, 0.2) is 66.3 Å². The fourth-order valence-electron chi connectivity index (χ4n) is 4.18. The number of benzene rings is 2. The van der Waals surface area contributed by atoms with Crippen molar-refractivity contribution in [2.24, 2.45) is 5.92 Å². The van der Waals surface area contributed by atoms with E-state index in [1.165, 1.54) is 5.56 Å². The van der Waals surface area contributed by atoms with E-state index in [-0.39, 0.29) is 23.3 Å². The normalized spacial score (nSPS) is 19.6. The van der Waals surface area contributed by atoms with Gasteiger partial charge in [-0.05, 0) is 61.8 Å². The Morgan fingerprint density at radius 3 is 2.21 bits per heavy atom. The van der Waals surface area contributed by atoms with E-state index in [9.17, 15) is 15.3 Å². The first-order valence-corrected chi connectivity index (χ1v) is 9.92. The zero-order valence-electron chi connectivity index (χ0n) is 16.8. The number of rotatable bonds is 6. The third kappa shape index (κ3) is 4.97. The highest BCUT2D eigenvalue weighted by Crippen LogP contribution is 2.47. The number of aliphatic hydroxyl groups is 1. The van der Waals surface area contributed by atoms with Crippen LogP contribution in [0.1, 0.15) is 42.4 Å². The maximum absolute atomic E-state index is 10.8. The Labute approximate surface area is 175 Å². The van der Waals surface area contributed by atoms with Gasteiger partial charge in [0, 0.05) is 16.9 Å². The summed E-state index contributed by atoms with van der Waals surface area (Å²) in [6, 6.07) is 13.5. The molecule has 0 spiro atoms. The predicted molar refractivity (Wildman–Crippen MR) is 118 cm³/mol. The molecule has 0 heterocycles. The average molecular weight is 384 g/mol. The van der Waals surface area contributed by atoms with Gasteiger partial charge in [0.1, 0.15) is 27.2 Å². The molecule has 3 rings (SSSR count). The summed E-state index contributed by atoms with van der Waals surface area (Å²) in [6.45, 7) is 5.99. The van der Waals surface area contributed by atoms with Crippen LogP contribution in [0, 0.1) is 5.92 Å². The molecule has 1 aliphatic carbocycles. The Morgan fingerprint density at radius 1 is 1.07 bits per heavy atom. The van der Waals surface area contributed by atoms with Gasteiger partial charge >= 0.3 is 0 Å². The van der Waals surface area contributed by atoms with Crippen molar-refractivity contribution < 1.29 is 15.3 Å². The molecule has 2 atom stereocenters. The molecule has 0 saturated carbocycles. The van der Waals surface area contributed by atoms with E-state index in [0.717, 1.165) is 17.6 Å². The van der Waals surface area contributed by atoms with E-state index in [4.69, 9.17) is 15.7 Å². The maximum Gasteiger partial charge on any atom is 0.123 e. The summed E-state index contributed by atoms with van der Waals surface area (Å²) in [5.74, 6) is -0.301. The molecule has 2 aromatic carbocycles. The van der Waals surface area contributed by atoms with E-state index >= 15 is 0 Å². The highest BCUT2D eigenvalue weighted by Gasteiger charge is 2.33. The molecule has 3 nitrogen and oxygen atoms in total. The van der Waals surface area contributed by atoms with Crippen molar-refractivity contribution in [3.63, 3.8) is 0 Å². The van der Waals surface area contributed by atoms with Crippen LogP contribution in [0.2, 0.25) is 0 Å². The summed E-state index contributed by atoms with van der Waals surface area (Å²) in [5, 5.41) is 29.6. The topological polar surface area (TPSA) is 60.7 Å².